The Morgan fingerprint density at radius 3 is 2.50 bits per heavy atom. The van der Waals surface area contributed by atoms with Gasteiger partial charge in [-0.05, 0) is 55.2 Å². The summed E-state index contributed by atoms with van der Waals surface area (Å²) < 4.78 is 13.7. The predicted octanol–water partition coefficient (Wildman–Crippen LogP) is 3.06. The van der Waals surface area contributed by atoms with E-state index in [9.17, 15) is 4.39 Å². The van der Waals surface area contributed by atoms with E-state index in [4.69, 9.17) is 5.73 Å². The van der Waals surface area contributed by atoms with Crippen molar-refractivity contribution >= 4 is 0 Å². The van der Waals surface area contributed by atoms with Crippen molar-refractivity contribution in [1.29, 1.82) is 0 Å². The number of pyridine rings is 1. The van der Waals surface area contributed by atoms with E-state index in [1.807, 2.05) is 26.0 Å². The summed E-state index contributed by atoms with van der Waals surface area (Å²) in [5, 5.41) is 0. The van der Waals surface area contributed by atoms with Gasteiger partial charge in [0.05, 0.1) is 5.54 Å². The maximum atomic E-state index is 13.7. The Kier molecular flexibility index (Phi) is 3.18. The molecule has 0 bridgehead atoms. The zero-order valence-corrected chi connectivity index (χ0v) is 10.9. The molecule has 0 amide bonds. The molecule has 3 heteroatoms. The van der Waals surface area contributed by atoms with E-state index in [0.29, 0.717) is 5.56 Å². The molecular weight excluding hydrogens is 227 g/mol. The Balaban J connectivity index is 2.54. The maximum Gasteiger partial charge on any atom is 0.126 e. The molecule has 0 saturated heterocycles. The molecule has 1 unspecified atom stereocenters. The first-order chi connectivity index (χ1) is 8.43. The van der Waals surface area contributed by atoms with Gasteiger partial charge in [0, 0.05) is 12.4 Å². The fraction of sp³-hybridized carbons (Fsp3) is 0.267. The van der Waals surface area contributed by atoms with E-state index in [2.05, 4.69) is 4.98 Å². The standard InChI is InChI=1S/C15H17FN2/c1-10-6-7-18-9-13(10)15(3,17)12-5-4-11(2)14(16)8-12/h4-9H,17H2,1-3H3. The molecule has 0 aliphatic heterocycles. The van der Waals surface area contributed by atoms with E-state index in [1.165, 1.54) is 6.07 Å². The summed E-state index contributed by atoms with van der Waals surface area (Å²) in [4.78, 5) is 4.10. The van der Waals surface area contributed by atoms with Gasteiger partial charge in [-0.2, -0.15) is 0 Å². The lowest BCUT2D eigenvalue weighted by molar-refractivity contribution is 0.573. The van der Waals surface area contributed by atoms with E-state index in [-0.39, 0.29) is 5.82 Å². The summed E-state index contributed by atoms with van der Waals surface area (Å²) in [6, 6.07) is 7.03. The highest BCUT2D eigenvalue weighted by molar-refractivity contribution is 5.40. The van der Waals surface area contributed by atoms with Crippen LogP contribution in [-0.2, 0) is 5.54 Å². The molecule has 18 heavy (non-hydrogen) atoms. The molecule has 0 aliphatic rings. The molecule has 2 aromatic rings. The molecule has 2 N–H and O–H groups in total. The second-order valence-corrected chi connectivity index (χ2v) is 4.86. The lowest BCUT2D eigenvalue weighted by Crippen LogP contribution is -2.35. The quantitative estimate of drug-likeness (QED) is 0.881. The Morgan fingerprint density at radius 2 is 1.89 bits per heavy atom. The van der Waals surface area contributed by atoms with Gasteiger partial charge in [0.1, 0.15) is 5.82 Å². The lowest BCUT2D eigenvalue weighted by atomic mass is 9.84. The molecule has 1 heterocycles. The largest absolute Gasteiger partial charge is 0.318 e. The third kappa shape index (κ3) is 2.14. The smallest absolute Gasteiger partial charge is 0.126 e. The summed E-state index contributed by atoms with van der Waals surface area (Å²) in [6.07, 6.45) is 3.47. The molecule has 0 radical (unpaired) electrons. The minimum Gasteiger partial charge on any atom is -0.318 e. The molecule has 2 nitrogen and oxygen atoms in total. The summed E-state index contributed by atoms with van der Waals surface area (Å²) in [5.74, 6) is -0.231. The Morgan fingerprint density at radius 1 is 1.17 bits per heavy atom. The van der Waals surface area contributed by atoms with Crippen LogP contribution in [0.1, 0.15) is 29.2 Å². The Labute approximate surface area is 107 Å². The normalized spacial score (nSPS) is 14.3. The molecule has 2 rings (SSSR count). The topological polar surface area (TPSA) is 38.9 Å². The Bertz CT molecular complexity index is 576. The fourth-order valence-electron chi connectivity index (χ4n) is 2.08. The average molecular weight is 244 g/mol. The monoisotopic (exact) mass is 244 g/mol. The molecule has 0 fully saturated rings. The van der Waals surface area contributed by atoms with Crippen LogP contribution in [0.4, 0.5) is 4.39 Å². The second kappa shape index (κ2) is 4.50. The van der Waals surface area contributed by atoms with Crippen molar-refractivity contribution in [3.8, 4) is 0 Å². The van der Waals surface area contributed by atoms with Gasteiger partial charge in [0.15, 0.2) is 0 Å². The molecule has 1 aromatic heterocycles. The molecule has 1 aromatic carbocycles. The highest BCUT2D eigenvalue weighted by Crippen LogP contribution is 2.29. The highest BCUT2D eigenvalue weighted by atomic mass is 19.1. The summed E-state index contributed by atoms with van der Waals surface area (Å²) in [7, 11) is 0. The molecule has 1 atom stereocenters. The minimum atomic E-state index is -0.743. The van der Waals surface area contributed by atoms with Crippen LogP contribution in [0.5, 0.6) is 0 Å². The number of hydrogen-bond acceptors (Lipinski definition) is 2. The van der Waals surface area contributed by atoms with Crippen molar-refractivity contribution in [1.82, 2.24) is 4.98 Å². The Hall–Kier alpha value is -1.74. The average Bonchev–Trinajstić information content (AvgIpc) is 2.33. The van der Waals surface area contributed by atoms with Gasteiger partial charge in [-0.15, -0.1) is 0 Å². The number of halogens is 1. The van der Waals surface area contributed by atoms with Crippen LogP contribution >= 0.6 is 0 Å². The van der Waals surface area contributed by atoms with E-state index in [0.717, 1.165) is 16.7 Å². The third-order valence-corrected chi connectivity index (χ3v) is 3.37. The number of benzene rings is 1. The molecule has 94 valence electrons. The molecule has 0 aliphatic carbocycles. The van der Waals surface area contributed by atoms with Crippen molar-refractivity contribution in [2.75, 3.05) is 0 Å². The number of nitrogens with two attached hydrogens (primary N) is 1. The molecule has 0 saturated carbocycles. The van der Waals surface area contributed by atoms with Gasteiger partial charge in [-0.3, -0.25) is 4.98 Å². The first-order valence-electron chi connectivity index (χ1n) is 5.89. The second-order valence-electron chi connectivity index (χ2n) is 4.86. The van der Waals surface area contributed by atoms with E-state index in [1.54, 1.807) is 25.4 Å². The minimum absolute atomic E-state index is 0.231. The first kappa shape index (κ1) is 12.7. The summed E-state index contributed by atoms with van der Waals surface area (Å²) >= 11 is 0. The molecule has 0 spiro atoms. The van der Waals surface area contributed by atoms with Gasteiger partial charge in [0.2, 0.25) is 0 Å². The number of rotatable bonds is 2. The SMILES string of the molecule is Cc1ccc(C(C)(N)c2cnccc2C)cc1F. The zero-order valence-electron chi connectivity index (χ0n) is 10.9. The fourth-order valence-corrected chi connectivity index (χ4v) is 2.08. The van der Waals surface area contributed by atoms with Crippen LogP contribution in [0.3, 0.4) is 0 Å². The van der Waals surface area contributed by atoms with Crippen LogP contribution in [0, 0.1) is 19.7 Å². The number of aryl methyl sites for hydroxylation is 2. The lowest BCUT2D eigenvalue weighted by Gasteiger charge is -2.27. The highest BCUT2D eigenvalue weighted by Gasteiger charge is 2.26. The van der Waals surface area contributed by atoms with E-state index >= 15 is 0 Å². The number of aromatic nitrogens is 1. The van der Waals surface area contributed by atoms with Gasteiger partial charge < -0.3 is 5.73 Å². The summed E-state index contributed by atoms with van der Waals surface area (Å²) in [5.41, 5.74) is 8.97. The number of hydrogen-bond donors (Lipinski definition) is 1. The van der Waals surface area contributed by atoms with Crippen LogP contribution in [-0.4, -0.2) is 4.98 Å². The predicted molar refractivity (Wildman–Crippen MR) is 70.8 cm³/mol. The van der Waals surface area contributed by atoms with Gasteiger partial charge in [-0.1, -0.05) is 12.1 Å². The van der Waals surface area contributed by atoms with Gasteiger partial charge in [-0.25, -0.2) is 4.39 Å². The zero-order chi connectivity index (χ0) is 13.3. The van der Waals surface area contributed by atoms with Crippen molar-refractivity contribution in [2.45, 2.75) is 26.3 Å². The van der Waals surface area contributed by atoms with Crippen molar-refractivity contribution in [3.63, 3.8) is 0 Å². The summed E-state index contributed by atoms with van der Waals surface area (Å²) in [6.45, 7) is 5.59. The van der Waals surface area contributed by atoms with Gasteiger partial charge >= 0.3 is 0 Å². The third-order valence-electron chi connectivity index (χ3n) is 3.37. The van der Waals surface area contributed by atoms with E-state index < -0.39 is 5.54 Å². The van der Waals surface area contributed by atoms with Crippen molar-refractivity contribution in [3.05, 3.63) is 64.7 Å². The first-order valence-corrected chi connectivity index (χ1v) is 5.89. The van der Waals surface area contributed by atoms with Crippen LogP contribution in [0.15, 0.2) is 36.7 Å². The van der Waals surface area contributed by atoms with Crippen LogP contribution in [0.2, 0.25) is 0 Å². The van der Waals surface area contributed by atoms with Gasteiger partial charge in [0.25, 0.3) is 0 Å². The van der Waals surface area contributed by atoms with Crippen molar-refractivity contribution in [2.24, 2.45) is 5.73 Å². The van der Waals surface area contributed by atoms with Crippen molar-refractivity contribution < 1.29 is 4.39 Å². The van der Waals surface area contributed by atoms with Crippen LogP contribution < -0.4 is 5.73 Å². The van der Waals surface area contributed by atoms with Crippen LogP contribution in [0.25, 0.3) is 0 Å². The maximum absolute atomic E-state index is 13.7. The molecular formula is C15H17FN2. The number of nitrogens with zero attached hydrogens (tertiary/aromatic N) is 1.